The molecule has 13 nitrogen and oxygen atoms in total. The summed E-state index contributed by atoms with van der Waals surface area (Å²) in [5, 5.41) is 17.5. The maximum Gasteiger partial charge on any atom is 0.352 e. The van der Waals surface area contributed by atoms with Gasteiger partial charge in [-0.2, -0.15) is 0 Å². The molecule has 0 radical (unpaired) electrons. The van der Waals surface area contributed by atoms with Crippen molar-refractivity contribution < 1.29 is 33.6 Å². The number of nitrogen functional groups attached to an aromatic ring is 1. The van der Waals surface area contributed by atoms with Gasteiger partial charge in [0.25, 0.3) is 17.7 Å². The summed E-state index contributed by atoms with van der Waals surface area (Å²) in [5.41, 5.74) is 11.7. The van der Waals surface area contributed by atoms with Gasteiger partial charge in [0.1, 0.15) is 36.5 Å². The number of quaternary nitrogens is 1. The first-order valence-corrected chi connectivity index (χ1v) is 12.7. The second-order valence-corrected chi connectivity index (χ2v) is 10.7. The Kier molecular flexibility index (Phi) is 6.75. The summed E-state index contributed by atoms with van der Waals surface area (Å²) >= 11 is 2.47. The van der Waals surface area contributed by atoms with Crippen molar-refractivity contribution in [3.63, 3.8) is 0 Å². The molecule has 0 spiro atoms. The normalized spacial score (nSPS) is 28.4. The Morgan fingerprint density at radius 2 is 2.17 bits per heavy atom. The van der Waals surface area contributed by atoms with Crippen LogP contribution in [0.1, 0.15) is 18.5 Å². The van der Waals surface area contributed by atoms with Gasteiger partial charge in [-0.05, 0) is 0 Å². The Balaban J connectivity index is 1.54. The first-order valence-electron chi connectivity index (χ1n) is 10.7. The van der Waals surface area contributed by atoms with Crippen LogP contribution in [-0.2, 0) is 24.0 Å². The molecule has 0 bridgehead atoms. The van der Waals surface area contributed by atoms with Gasteiger partial charge in [0, 0.05) is 29.5 Å². The number of carboxylic acid groups (broad SMARTS) is 1. The molecule has 3 amide bonds. The number of β-lactam (4-membered cyclic amide) rings is 1. The number of rotatable bonds is 8. The summed E-state index contributed by atoms with van der Waals surface area (Å²) in [6.45, 7) is 0.985. The largest absolute Gasteiger partial charge is 0.477 e. The molecule has 0 aliphatic carbocycles. The van der Waals surface area contributed by atoms with E-state index in [2.05, 4.69) is 15.5 Å². The predicted octanol–water partition coefficient (Wildman–Crippen LogP) is -1.09. The van der Waals surface area contributed by atoms with Crippen molar-refractivity contribution >= 4 is 57.6 Å². The third kappa shape index (κ3) is 4.46. The van der Waals surface area contributed by atoms with E-state index in [1.54, 1.807) is 0 Å². The van der Waals surface area contributed by atoms with E-state index in [0.717, 1.165) is 17.8 Å². The van der Waals surface area contributed by atoms with Gasteiger partial charge in [0.15, 0.2) is 16.9 Å². The molecular formula is C20H26N7O6S2+. The van der Waals surface area contributed by atoms with Crippen LogP contribution in [0.4, 0.5) is 5.13 Å². The summed E-state index contributed by atoms with van der Waals surface area (Å²) in [5.74, 6) is -2.55. The lowest BCUT2D eigenvalue weighted by Crippen LogP contribution is -2.71. The summed E-state index contributed by atoms with van der Waals surface area (Å²) < 4.78 is 0.308. The maximum atomic E-state index is 13.0. The molecule has 2 unspecified atom stereocenters. The lowest BCUT2D eigenvalue weighted by Gasteiger charge is -2.50. The molecule has 2 fully saturated rings. The first-order chi connectivity index (χ1) is 16.6. The Bertz CT molecular complexity index is 1150. The number of amides is 3. The topological polar surface area (TPSA) is 190 Å². The molecule has 0 aromatic carbocycles. The lowest BCUT2D eigenvalue weighted by atomic mass is 10.0. The van der Waals surface area contributed by atoms with Gasteiger partial charge in [-0.25, -0.2) is 9.78 Å². The minimum Gasteiger partial charge on any atom is -0.477 e. The number of fused-ring (bicyclic) bond motifs is 1. The number of likely N-dealkylation sites (N-methyl/N-ethyl adjacent to an activating group) is 1. The maximum absolute atomic E-state index is 13.0. The van der Waals surface area contributed by atoms with Gasteiger partial charge in [-0.1, -0.05) is 5.16 Å². The molecule has 15 heteroatoms. The lowest BCUT2D eigenvalue weighted by molar-refractivity contribution is -0.907. The molecule has 4 heterocycles. The van der Waals surface area contributed by atoms with E-state index in [9.17, 15) is 24.3 Å². The Morgan fingerprint density at radius 3 is 2.77 bits per heavy atom. The number of nitrogens with two attached hydrogens (primary N) is 2. The van der Waals surface area contributed by atoms with Crippen LogP contribution in [0.3, 0.4) is 0 Å². The number of aliphatic carboxylic acids is 1. The van der Waals surface area contributed by atoms with E-state index >= 15 is 0 Å². The monoisotopic (exact) mass is 524 g/mol. The summed E-state index contributed by atoms with van der Waals surface area (Å²) in [7, 11) is 3.16. The highest BCUT2D eigenvalue weighted by Crippen LogP contribution is 2.41. The van der Waals surface area contributed by atoms with Crippen LogP contribution in [0, 0.1) is 0 Å². The molecule has 2 saturated heterocycles. The van der Waals surface area contributed by atoms with E-state index < -0.39 is 41.1 Å². The number of hydrogen-bond acceptors (Lipinski definition) is 10. The van der Waals surface area contributed by atoms with Crippen molar-refractivity contribution in [3.05, 3.63) is 22.3 Å². The third-order valence-electron chi connectivity index (χ3n) is 6.48. The van der Waals surface area contributed by atoms with Crippen molar-refractivity contribution in [1.82, 2.24) is 15.2 Å². The Labute approximate surface area is 208 Å². The molecule has 6 N–H and O–H groups in total. The highest BCUT2D eigenvalue weighted by molar-refractivity contribution is 8.00. The summed E-state index contributed by atoms with van der Waals surface area (Å²) in [4.78, 5) is 60.0. The van der Waals surface area contributed by atoms with Crippen molar-refractivity contribution in [1.29, 1.82) is 0 Å². The van der Waals surface area contributed by atoms with Gasteiger partial charge in [-0.15, -0.1) is 23.1 Å². The molecule has 4 rings (SSSR count). The number of nitrogens with zero attached hydrogens (tertiary/aromatic N) is 4. The van der Waals surface area contributed by atoms with Crippen LogP contribution in [0.2, 0.25) is 0 Å². The number of anilines is 1. The predicted molar refractivity (Wildman–Crippen MR) is 128 cm³/mol. The molecule has 1 aromatic heterocycles. The number of hydrogen-bond donors (Lipinski definition) is 4. The van der Waals surface area contributed by atoms with E-state index in [-0.39, 0.29) is 22.2 Å². The highest BCUT2D eigenvalue weighted by atomic mass is 32.2. The SMILES string of the molecule is CON=C(C(=O)NC1C(=O)N2C(C(=O)O)=C(C[N+]3(C)CCC[C@H]3C(N)=O)CS[C@@H]12)c1csc(N)n1. The quantitative estimate of drug-likeness (QED) is 0.142. The van der Waals surface area contributed by atoms with Gasteiger partial charge in [-0.3, -0.25) is 19.3 Å². The number of primary amides is 1. The highest BCUT2D eigenvalue weighted by Gasteiger charge is 2.55. The first kappa shape index (κ1) is 24.9. The third-order valence-corrected chi connectivity index (χ3v) is 8.49. The van der Waals surface area contributed by atoms with Crippen LogP contribution in [0.5, 0.6) is 0 Å². The molecule has 188 valence electrons. The average Bonchev–Trinajstić information content (AvgIpc) is 3.40. The van der Waals surface area contributed by atoms with Gasteiger partial charge in [0.2, 0.25) is 0 Å². The Morgan fingerprint density at radius 1 is 1.43 bits per heavy atom. The zero-order valence-corrected chi connectivity index (χ0v) is 20.7. The van der Waals surface area contributed by atoms with Crippen LogP contribution >= 0.6 is 23.1 Å². The standard InChI is InChI=1S/C20H25N7O6S2/c1-27(5-3-4-11(27)15(21)28)6-9-7-34-18-13(17(30)26(18)14(9)19(31)32)24-16(29)12(25-33-2)10-8-35-20(22)23-10/h8,11,13,18H,3-7H2,1-2H3,(H5-,21,22,23,24,28,29,31,32)/p+1/t11-,13?,18-,27?/m0/s1. The number of carbonyl (C=O) groups excluding carboxylic acids is 3. The summed E-state index contributed by atoms with van der Waals surface area (Å²) in [6, 6.07) is -1.35. The number of aromatic nitrogens is 1. The number of carbonyl (C=O) groups is 4. The van der Waals surface area contributed by atoms with E-state index in [4.69, 9.17) is 16.3 Å². The minimum atomic E-state index is -1.23. The number of thioether (sulfide) groups is 1. The van der Waals surface area contributed by atoms with Gasteiger partial charge >= 0.3 is 5.97 Å². The second-order valence-electron chi connectivity index (χ2n) is 8.73. The zero-order chi connectivity index (χ0) is 25.5. The number of carboxylic acids is 1. The van der Waals surface area contributed by atoms with Crippen LogP contribution in [0.15, 0.2) is 21.8 Å². The fourth-order valence-corrected chi connectivity index (χ4v) is 6.78. The van der Waals surface area contributed by atoms with Crippen LogP contribution in [-0.4, -0.2) is 99.3 Å². The molecule has 1 aromatic rings. The zero-order valence-electron chi connectivity index (χ0n) is 19.1. The number of oxime groups is 1. The second kappa shape index (κ2) is 9.47. The van der Waals surface area contributed by atoms with Crippen molar-refractivity contribution in [3.8, 4) is 0 Å². The molecule has 4 atom stereocenters. The van der Waals surface area contributed by atoms with Crippen molar-refractivity contribution in [2.24, 2.45) is 10.9 Å². The van der Waals surface area contributed by atoms with Crippen molar-refractivity contribution in [2.75, 3.05) is 38.7 Å². The van der Waals surface area contributed by atoms with E-state index in [0.29, 0.717) is 35.3 Å². The number of thiazole rings is 1. The number of likely N-dealkylation sites (tertiary alicyclic amines) is 1. The fourth-order valence-electron chi connectivity index (χ4n) is 4.89. The summed E-state index contributed by atoms with van der Waals surface area (Å²) in [6.07, 6.45) is 1.45. The van der Waals surface area contributed by atoms with Gasteiger partial charge < -0.3 is 31.2 Å². The Hall–Kier alpha value is -3.17. The molecule has 35 heavy (non-hydrogen) atoms. The smallest absolute Gasteiger partial charge is 0.352 e. The molecule has 0 saturated carbocycles. The van der Waals surface area contributed by atoms with Crippen molar-refractivity contribution in [2.45, 2.75) is 30.3 Å². The van der Waals surface area contributed by atoms with E-state index in [1.165, 1.54) is 29.2 Å². The number of nitrogens with one attached hydrogen (secondary N) is 1. The minimum absolute atomic E-state index is 0.100. The van der Waals surface area contributed by atoms with Crippen LogP contribution < -0.4 is 16.8 Å². The molecular weight excluding hydrogens is 498 g/mol. The van der Waals surface area contributed by atoms with E-state index in [1.807, 2.05) is 7.05 Å². The molecule has 3 aliphatic rings. The van der Waals surface area contributed by atoms with Crippen LogP contribution in [0.25, 0.3) is 0 Å². The average molecular weight is 525 g/mol. The van der Waals surface area contributed by atoms with Gasteiger partial charge in [0.05, 0.1) is 13.6 Å². The fraction of sp³-hybridized carbons (Fsp3) is 0.500. The molecule has 3 aliphatic heterocycles.